The first kappa shape index (κ1) is 33.7. The molecule has 0 aromatic rings. The highest BCUT2D eigenvalue weighted by molar-refractivity contribution is 6.50. The van der Waals surface area contributed by atoms with Gasteiger partial charge in [-0.25, -0.2) is 4.79 Å². The van der Waals surface area contributed by atoms with Crippen LogP contribution in [0.1, 0.15) is 53.4 Å². The number of rotatable bonds is 4. The van der Waals surface area contributed by atoms with Gasteiger partial charge in [-0.15, -0.1) is 0 Å². The van der Waals surface area contributed by atoms with Crippen molar-refractivity contribution in [3.63, 3.8) is 0 Å². The van der Waals surface area contributed by atoms with Crippen LogP contribution < -0.4 is 11.1 Å². The summed E-state index contributed by atoms with van der Waals surface area (Å²) in [6.07, 6.45) is 0.235. The van der Waals surface area contributed by atoms with E-state index in [1.807, 2.05) is 6.92 Å². The molecule has 1 aliphatic heterocycles. The second kappa shape index (κ2) is 14.9. The minimum absolute atomic E-state index is 0.0713. The number of ether oxygens (including phenoxy) is 4. The molecule has 1 heterocycles. The first-order valence-electron chi connectivity index (χ1n) is 13.4. The minimum Gasteiger partial charge on any atom is -0.505 e. The highest BCUT2D eigenvalue weighted by Gasteiger charge is 2.38. The van der Waals surface area contributed by atoms with Crippen LogP contribution in [0.15, 0.2) is 46.1 Å². The summed E-state index contributed by atoms with van der Waals surface area (Å²) in [4.78, 5) is 50.3. The van der Waals surface area contributed by atoms with Crippen LogP contribution in [0.3, 0.4) is 0 Å². The third kappa shape index (κ3) is 8.27. The average molecular weight is 579 g/mol. The van der Waals surface area contributed by atoms with Gasteiger partial charge >= 0.3 is 6.09 Å². The molecule has 0 fully saturated rings. The van der Waals surface area contributed by atoms with Crippen molar-refractivity contribution in [1.29, 1.82) is 0 Å². The zero-order valence-corrected chi connectivity index (χ0v) is 24.7. The fourth-order valence-electron chi connectivity index (χ4n) is 5.14. The number of aliphatic hydroxyl groups is 2. The van der Waals surface area contributed by atoms with Crippen molar-refractivity contribution in [3.05, 3.63) is 46.1 Å². The highest BCUT2D eigenvalue weighted by atomic mass is 16.6. The number of allylic oxidation sites excluding steroid dienone is 4. The van der Waals surface area contributed by atoms with Crippen molar-refractivity contribution in [2.75, 3.05) is 21.3 Å². The first-order chi connectivity index (χ1) is 19.3. The Morgan fingerprint density at radius 1 is 1.05 bits per heavy atom. The molecule has 0 saturated carbocycles. The van der Waals surface area contributed by atoms with Gasteiger partial charge in [0.05, 0.1) is 25.4 Å². The van der Waals surface area contributed by atoms with Crippen molar-refractivity contribution >= 4 is 23.6 Å². The van der Waals surface area contributed by atoms with Crippen LogP contribution in [0.5, 0.6) is 0 Å². The molecule has 5 N–H and O–H groups in total. The lowest BCUT2D eigenvalue weighted by Crippen LogP contribution is -2.38. The molecule has 228 valence electrons. The van der Waals surface area contributed by atoms with Gasteiger partial charge in [-0.05, 0) is 51.0 Å². The molecule has 0 spiro atoms. The Morgan fingerprint density at radius 3 is 2.24 bits per heavy atom. The molecular formula is C29H42N2O10. The van der Waals surface area contributed by atoms with Crippen molar-refractivity contribution in [2.24, 2.45) is 17.6 Å². The lowest BCUT2D eigenvalue weighted by molar-refractivity contribution is -0.135. The molecule has 2 aliphatic rings. The molecule has 12 nitrogen and oxygen atoms in total. The van der Waals surface area contributed by atoms with E-state index in [-0.39, 0.29) is 29.2 Å². The number of hydrogen-bond donors (Lipinski definition) is 4. The molecule has 2 rings (SSSR count). The van der Waals surface area contributed by atoms with Gasteiger partial charge in [0.25, 0.3) is 17.5 Å². The van der Waals surface area contributed by atoms with Crippen LogP contribution in [0.4, 0.5) is 4.79 Å². The Morgan fingerprint density at radius 2 is 1.68 bits per heavy atom. The first-order valence-corrected chi connectivity index (χ1v) is 13.4. The van der Waals surface area contributed by atoms with Gasteiger partial charge in [-0.2, -0.15) is 0 Å². The lowest BCUT2D eigenvalue weighted by Gasteiger charge is -2.30. The lowest BCUT2D eigenvalue weighted by atomic mass is 9.85. The van der Waals surface area contributed by atoms with E-state index in [0.717, 1.165) is 0 Å². The van der Waals surface area contributed by atoms with Crippen molar-refractivity contribution in [3.8, 4) is 0 Å². The molecule has 0 aromatic carbocycles. The average Bonchev–Trinajstić information content (AvgIpc) is 2.92. The Bertz CT molecular complexity index is 1150. The van der Waals surface area contributed by atoms with Crippen LogP contribution in [-0.2, 0) is 33.3 Å². The predicted molar refractivity (Wildman–Crippen MR) is 148 cm³/mol. The van der Waals surface area contributed by atoms with E-state index >= 15 is 0 Å². The molecule has 0 radical (unpaired) electrons. The van der Waals surface area contributed by atoms with Crippen LogP contribution in [0.25, 0.3) is 0 Å². The van der Waals surface area contributed by atoms with Gasteiger partial charge in [0, 0.05) is 31.3 Å². The number of hydrogen-bond acceptors (Lipinski definition) is 10. The number of methoxy groups -OCH3 is 3. The number of Topliss-reactive ketones (excluding diaryl/α,β-unsaturated/α-hetero) is 2. The molecule has 2 amide bonds. The highest BCUT2D eigenvalue weighted by Crippen LogP contribution is 2.32. The van der Waals surface area contributed by atoms with Crippen molar-refractivity contribution in [1.82, 2.24) is 5.32 Å². The van der Waals surface area contributed by atoms with Gasteiger partial charge in [0.15, 0.2) is 11.9 Å². The van der Waals surface area contributed by atoms with Crippen LogP contribution in [-0.4, -0.2) is 79.5 Å². The third-order valence-corrected chi connectivity index (χ3v) is 7.41. The summed E-state index contributed by atoms with van der Waals surface area (Å²) in [5.41, 5.74) is 5.70. The maximum absolute atomic E-state index is 12.9. The molecule has 2 bridgehead atoms. The van der Waals surface area contributed by atoms with E-state index in [2.05, 4.69) is 5.32 Å². The molecule has 12 heteroatoms. The van der Waals surface area contributed by atoms with Gasteiger partial charge in [0.1, 0.15) is 11.5 Å². The molecule has 0 unspecified atom stereocenters. The second-order valence-corrected chi connectivity index (χ2v) is 10.5. The fourth-order valence-corrected chi connectivity index (χ4v) is 5.14. The topological polar surface area (TPSA) is 184 Å². The summed E-state index contributed by atoms with van der Waals surface area (Å²) < 4.78 is 21.8. The molecule has 41 heavy (non-hydrogen) atoms. The largest absolute Gasteiger partial charge is 0.505 e. The molecule has 6 atom stereocenters. The number of carbonyl (C=O) groups is 4. The molecular weight excluding hydrogens is 536 g/mol. The van der Waals surface area contributed by atoms with Crippen LogP contribution in [0.2, 0.25) is 0 Å². The monoisotopic (exact) mass is 578 g/mol. The molecule has 0 aromatic heterocycles. The number of ketones is 2. The van der Waals surface area contributed by atoms with E-state index in [0.29, 0.717) is 24.8 Å². The Hall–Kier alpha value is -3.48. The van der Waals surface area contributed by atoms with Crippen molar-refractivity contribution < 1.29 is 48.3 Å². The zero-order chi connectivity index (χ0) is 31.0. The van der Waals surface area contributed by atoms with E-state index in [9.17, 15) is 29.4 Å². The number of aliphatic hydroxyl groups excluding tert-OH is 2. The summed E-state index contributed by atoms with van der Waals surface area (Å²) in [7, 11) is 4.13. The predicted octanol–water partition coefficient (Wildman–Crippen LogP) is 2.52. The smallest absolute Gasteiger partial charge is 0.405 e. The SMILES string of the molecule is COC1=C2C[C@@H](C)C[C@H](OC)[C@H](O)[C@@H](C)/C=C(\C)[C@H](OC(N)=O)[C@@H](OC)CC/C=C(\C)C(=O)NC(=C2O)C(=O)C1=O. The number of nitrogens with two attached hydrogens (primary N) is 1. The van der Waals surface area contributed by atoms with Gasteiger partial charge < -0.3 is 40.2 Å². The van der Waals surface area contributed by atoms with E-state index in [1.54, 1.807) is 26.0 Å². The standard InChI is InChI=1S/C29H42N2O10/c1-14-11-18-23(33)21(24(34)25(35)27(18)40-7)31-28(36)15(2)9-8-10-19(38-5)26(41-29(30)37)17(4)13-16(3)22(32)20(12-14)39-6/h9,13-14,16,19-20,22,26,32-33H,8,10-12H2,1-7H3,(H2,30,37)(H,31,36)/b15-9+,17-13+/t14-,16+,19+,20+,22-,26+/m1/s1. The van der Waals surface area contributed by atoms with E-state index in [4.69, 9.17) is 24.7 Å². The third-order valence-electron chi connectivity index (χ3n) is 7.41. The maximum Gasteiger partial charge on any atom is 0.405 e. The van der Waals surface area contributed by atoms with Gasteiger partial charge in [-0.3, -0.25) is 14.4 Å². The second-order valence-electron chi connectivity index (χ2n) is 10.5. The van der Waals surface area contributed by atoms with E-state index < -0.39 is 65.4 Å². The summed E-state index contributed by atoms with van der Waals surface area (Å²) in [6.45, 7) is 6.87. The number of nitrogens with one attached hydrogen (secondary N) is 1. The van der Waals surface area contributed by atoms with Gasteiger partial charge in [0.2, 0.25) is 0 Å². The number of fused-ring (bicyclic) bond motifs is 1. The van der Waals surface area contributed by atoms with Crippen LogP contribution >= 0.6 is 0 Å². The maximum atomic E-state index is 12.9. The summed E-state index contributed by atoms with van der Waals surface area (Å²) in [5.74, 6) is -4.36. The van der Waals surface area contributed by atoms with E-state index in [1.165, 1.54) is 28.3 Å². The fraction of sp³-hybridized carbons (Fsp3) is 0.586. The summed E-state index contributed by atoms with van der Waals surface area (Å²) >= 11 is 0. The molecule has 0 saturated heterocycles. The summed E-state index contributed by atoms with van der Waals surface area (Å²) in [5, 5.41) is 24.6. The zero-order valence-electron chi connectivity index (χ0n) is 24.7. The minimum atomic E-state index is -1.10. The Labute approximate surface area is 240 Å². The Kier molecular flexibility index (Phi) is 12.3. The normalized spacial score (nSPS) is 32.0. The molecule has 1 aliphatic carbocycles. The number of amides is 2. The quantitative estimate of drug-likeness (QED) is 0.220. The number of carbonyl (C=O) groups excluding carboxylic acids is 4. The van der Waals surface area contributed by atoms with Gasteiger partial charge in [-0.1, -0.05) is 26.0 Å². The van der Waals surface area contributed by atoms with Crippen molar-refractivity contribution in [2.45, 2.75) is 77.8 Å². The van der Waals surface area contributed by atoms with Crippen LogP contribution in [0, 0.1) is 11.8 Å². The number of primary amides is 1. The Balaban J connectivity index is 2.61. The summed E-state index contributed by atoms with van der Waals surface area (Å²) in [6, 6.07) is 0.